The van der Waals surface area contributed by atoms with Gasteiger partial charge in [-0.1, -0.05) is 0 Å². The number of thiol groups is 1. The molecule has 0 radical (unpaired) electrons. The molecule has 1 unspecified atom stereocenters. The van der Waals surface area contributed by atoms with Crippen LogP contribution in [0.25, 0.3) is 0 Å². The number of nitrogens with one attached hydrogen (secondary N) is 1. The molecule has 0 aliphatic carbocycles. The lowest BCUT2D eigenvalue weighted by molar-refractivity contribution is -0.138. The summed E-state index contributed by atoms with van der Waals surface area (Å²) < 4.78 is 0. The van der Waals surface area contributed by atoms with Gasteiger partial charge in [-0.05, 0) is 19.9 Å². The van der Waals surface area contributed by atoms with Crippen LogP contribution in [0.15, 0.2) is 27.6 Å². The maximum atomic E-state index is 11.0. The number of carboxylic acid groups (broad SMARTS) is 1. The molecule has 1 atom stereocenters. The second-order valence-corrected chi connectivity index (χ2v) is 4.46. The summed E-state index contributed by atoms with van der Waals surface area (Å²) in [5.41, 5.74) is 4.46. The average Bonchev–Trinajstić information content (AvgIpc) is 2.55. The van der Waals surface area contributed by atoms with Crippen molar-refractivity contribution < 1.29 is 9.90 Å². The molecule has 0 aromatic heterocycles. The third-order valence-corrected chi connectivity index (χ3v) is 3.17. The molecule has 0 saturated heterocycles. The highest BCUT2D eigenvalue weighted by Gasteiger charge is 2.30. The number of hydrogen-bond acceptors (Lipinski definition) is 6. The van der Waals surface area contributed by atoms with Crippen LogP contribution in [0.3, 0.4) is 0 Å². The first kappa shape index (κ1) is 12.0. The predicted octanol–water partition coefficient (Wildman–Crippen LogP) is 0.789. The molecule has 0 amide bonds. The lowest BCUT2D eigenvalue weighted by Gasteiger charge is -2.25. The fourth-order valence-corrected chi connectivity index (χ4v) is 1.85. The van der Waals surface area contributed by atoms with E-state index >= 15 is 0 Å². The zero-order valence-corrected chi connectivity index (χ0v) is 10.7. The van der Waals surface area contributed by atoms with Crippen molar-refractivity contribution in [2.24, 2.45) is 10.9 Å². The number of carbonyl (C=O) groups is 1. The number of allylic oxidation sites excluding steroid dienone is 2. The van der Waals surface area contributed by atoms with Crippen molar-refractivity contribution in [2.45, 2.75) is 13.8 Å². The van der Waals surface area contributed by atoms with Gasteiger partial charge in [0.1, 0.15) is 0 Å². The van der Waals surface area contributed by atoms with Gasteiger partial charge >= 0.3 is 5.97 Å². The Morgan fingerprint density at radius 1 is 1.65 bits per heavy atom. The summed E-state index contributed by atoms with van der Waals surface area (Å²) in [6.45, 7) is 3.51. The molecule has 17 heavy (non-hydrogen) atoms. The first-order valence-electron chi connectivity index (χ1n) is 5.15. The minimum atomic E-state index is -0.896. The van der Waals surface area contributed by atoms with Crippen molar-refractivity contribution in [1.82, 2.24) is 15.6 Å². The smallest absolute Gasteiger partial charge is 0.312 e. The number of nitrogens with zero attached hydrogens (tertiary/aromatic N) is 3. The number of hydrogen-bond donors (Lipinski definition) is 3. The zero-order chi connectivity index (χ0) is 12.7. The van der Waals surface area contributed by atoms with E-state index in [1.54, 1.807) is 23.0 Å². The van der Waals surface area contributed by atoms with Gasteiger partial charge in [-0.15, -0.1) is 18.2 Å². The van der Waals surface area contributed by atoms with Gasteiger partial charge in [0.15, 0.2) is 5.82 Å². The van der Waals surface area contributed by atoms with Crippen LogP contribution in [0.5, 0.6) is 0 Å². The van der Waals surface area contributed by atoms with E-state index in [1.807, 2.05) is 14.0 Å². The number of aliphatic carboxylic acids is 1. The Kier molecular flexibility index (Phi) is 2.88. The molecule has 0 aromatic carbocycles. The lowest BCUT2D eigenvalue weighted by atomic mass is 10.1. The van der Waals surface area contributed by atoms with E-state index in [2.05, 4.69) is 23.2 Å². The van der Waals surface area contributed by atoms with Crippen LogP contribution in [0, 0.1) is 5.92 Å². The Morgan fingerprint density at radius 2 is 2.29 bits per heavy atom. The first-order chi connectivity index (χ1) is 7.91. The summed E-state index contributed by atoms with van der Waals surface area (Å²) in [5, 5.41) is 13.1. The Balaban J connectivity index is 2.42. The van der Waals surface area contributed by atoms with E-state index in [0.29, 0.717) is 16.6 Å². The number of hydrazine groups is 2. The van der Waals surface area contributed by atoms with Gasteiger partial charge in [-0.25, -0.2) is 10.0 Å². The molecular formula is C10H14N4O2S. The second kappa shape index (κ2) is 4.08. The monoisotopic (exact) mass is 254 g/mol. The molecule has 0 aromatic rings. The van der Waals surface area contributed by atoms with Gasteiger partial charge in [0.25, 0.3) is 0 Å². The van der Waals surface area contributed by atoms with Crippen LogP contribution in [0.4, 0.5) is 0 Å². The van der Waals surface area contributed by atoms with E-state index in [4.69, 9.17) is 5.11 Å². The molecule has 2 aliphatic heterocycles. The number of carboxylic acids is 1. The van der Waals surface area contributed by atoms with Crippen LogP contribution < -0.4 is 5.53 Å². The molecule has 2 N–H and O–H groups in total. The minimum Gasteiger partial charge on any atom is -0.481 e. The van der Waals surface area contributed by atoms with Crippen molar-refractivity contribution in [2.75, 3.05) is 7.05 Å². The van der Waals surface area contributed by atoms with Crippen molar-refractivity contribution in [1.29, 1.82) is 0 Å². The second-order valence-electron chi connectivity index (χ2n) is 4.00. The summed E-state index contributed by atoms with van der Waals surface area (Å²) in [5.74, 6) is -0.860. The third-order valence-electron chi connectivity index (χ3n) is 2.84. The molecule has 2 aliphatic rings. The van der Waals surface area contributed by atoms with E-state index in [9.17, 15) is 4.79 Å². The highest BCUT2D eigenvalue weighted by molar-refractivity contribution is 7.84. The highest BCUT2D eigenvalue weighted by Crippen LogP contribution is 2.29. The maximum Gasteiger partial charge on any atom is 0.312 e. The molecule has 0 saturated carbocycles. The predicted molar refractivity (Wildman–Crippen MR) is 66.7 cm³/mol. The summed E-state index contributed by atoms with van der Waals surface area (Å²) in [4.78, 5) is 15.3. The summed E-state index contributed by atoms with van der Waals surface area (Å²) in [6.07, 6.45) is 1.66. The molecule has 92 valence electrons. The van der Waals surface area contributed by atoms with Crippen molar-refractivity contribution in [3.63, 3.8) is 0 Å². The SMILES string of the molecule is CC1=C2N=C(C(C)C(=O)O)C=C(S)N2NN1C. The molecule has 0 bridgehead atoms. The molecule has 0 spiro atoms. The van der Waals surface area contributed by atoms with Crippen molar-refractivity contribution in [3.05, 3.63) is 22.6 Å². The standard InChI is InChI=1S/C10H14N4O2S/c1-5(10(15)16)7-4-8(17)14-9(11-7)6(2)13(3)12-14/h4-5,12,17H,1-3H3,(H,15,16). The number of fused-ring (bicyclic) bond motifs is 1. The van der Waals surface area contributed by atoms with Crippen molar-refractivity contribution >= 4 is 24.3 Å². The summed E-state index contributed by atoms with van der Waals surface area (Å²) in [7, 11) is 1.86. The molecule has 2 heterocycles. The Morgan fingerprint density at radius 3 is 2.88 bits per heavy atom. The molecule has 2 rings (SSSR count). The zero-order valence-electron chi connectivity index (χ0n) is 9.80. The maximum absolute atomic E-state index is 11.0. The summed E-state index contributed by atoms with van der Waals surface area (Å²) >= 11 is 4.33. The normalized spacial score (nSPS) is 21.2. The molecule has 7 heteroatoms. The van der Waals surface area contributed by atoms with E-state index in [1.165, 1.54) is 0 Å². The van der Waals surface area contributed by atoms with E-state index < -0.39 is 11.9 Å². The third kappa shape index (κ3) is 1.91. The van der Waals surface area contributed by atoms with Gasteiger partial charge in [0.2, 0.25) is 0 Å². The van der Waals surface area contributed by atoms with Gasteiger partial charge in [-0.3, -0.25) is 9.80 Å². The minimum absolute atomic E-state index is 0.505. The quantitative estimate of drug-likeness (QED) is 0.636. The van der Waals surface area contributed by atoms with E-state index in [-0.39, 0.29) is 0 Å². The number of rotatable bonds is 2. The number of aliphatic imine (C=N–C) groups is 1. The molecule has 0 fully saturated rings. The van der Waals surface area contributed by atoms with Gasteiger partial charge in [-0.2, -0.15) is 0 Å². The largest absolute Gasteiger partial charge is 0.481 e. The topological polar surface area (TPSA) is 68.2 Å². The molecular weight excluding hydrogens is 240 g/mol. The van der Waals surface area contributed by atoms with Crippen LogP contribution in [0.2, 0.25) is 0 Å². The van der Waals surface area contributed by atoms with Crippen LogP contribution in [0.1, 0.15) is 13.8 Å². The Bertz CT molecular complexity index is 469. The van der Waals surface area contributed by atoms with Crippen LogP contribution in [-0.2, 0) is 4.79 Å². The average molecular weight is 254 g/mol. The fraction of sp³-hybridized carbons (Fsp3) is 0.400. The lowest BCUT2D eigenvalue weighted by Crippen LogP contribution is -2.39. The van der Waals surface area contributed by atoms with Crippen LogP contribution >= 0.6 is 12.6 Å². The van der Waals surface area contributed by atoms with Gasteiger partial charge in [0.05, 0.1) is 22.4 Å². The van der Waals surface area contributed by atoms with Crippen molar-refractivity contribution in [3.8, 4) is 0 Å². The first-order valence-corrected chi connectivity index (χ1v) is 5.59. The Labute approximate surface area is 105 Å². The Hall–Kier alpha value is -1.47. The molecule has 6 nitrogen and oxygen atoms in total. The fourth-order valence-electron chi connectivity index (χ4n) is 1.57. The van der Waals surface area contributed by atoms with Gasteiger partial charge in [0, 0.05) is 7.05 Å². The van der Waals surface area contributed by atoms with Gasteiger partial charge < -0.3 is 5.11 Å². The van der Waals surface area contributed by atoms with E-state index in [0.717, 1.165) is 5.70 Å². The van der Waals surface area contributed by atoms with Crippen LogP contribution in [-0.4, -0.2) is 33.9 Å². The summed E-state index contributed by atoms with van der Waals surface area (Å²) in [6, 6.07) is 0. The highest BCUT2D eigenvalue weighted by atomic mass is 32.1.